The summed E-state index contributed by atoms with van der Waals surface area (Å²) in [5, 5.41) is 0. The molecular formula is C15H15FN2O. The molecule has 2 rings (SSSR count). The minimum atomic E-state index is -0.334. The average Bonchev–Trinajstić information content (AvgIpc) is 2.41. The SMILES string of the molecule is Cc1ccc(N)c(C(=O)N(C)c2ccc(F)cc2)c1. The molecule has 3 nitrogen and oxygen atoms in total. The normalized spacial score (nSPS) is 10.3. The summed E-state index contributed by atoms with van der Waals surface area (Å²) in [6.07, 6.45) is 0. The number of carbonyl (C=O) groups is 1. The van der Waals surface area contributed by atoms with E-state index >= 15 is 0 Å². The maximum absolute atomic E-state index is 12.9. The smallest absolute Gasteiger partial charge is 0.260 e. The lowest BCUT2D eigenvalue weighted by Crippen LogP contribution is -2.27. The number of nitrogen functional groups attached to an aromatic ring is 1. The van der Waals surface area contributed by atoms with Crippen molar-refractivity contribution in [1.29, 1.82) is 0 Å². The zero-order valence-corrected chi connectivity index (χ0v) is 10.9. The molecule has 0 spiro atoms. The third-order valence-electron chi connectivity index (χ3n) is 2.96. The summed E-state index contributed by atoms with van der Waals surface area (Å²) in [4.78, 5) is 13.8. The summed E-state index contributed by atoms with van der Waals surface area (Å²) >= 11 is 0. The standard InChI is InChI=1S/C15H15FN2O/c1-10-3-8-14(17)13(9-10)15(19)18(2)12-6-4-11(16)5-7-12/h3-9H,17H2,1-2H3. The lowest BCUT2D eigenvalue weighted by Gasteiger charge is -2.18. The molecule has 2 N–H and O–H groups in total. The van der Waals surface area contributed by atoms with Crippen molar-refractivity contribution in [3.8, 4) is 0 Å². The molecule has 0 aliphatic rings. The zero-order chi connectivity index (χ0) is 14.0. The van der Waals surface area contributed by atoms with Crippen LogP contribution < -0.4 is 10.6 Å². The lowest BCUT2D eigenvalue weighted by molar-refractivity contribution is 0.0993. The second-order valence-corrected chi connectivity index (χ2v) is 4.43. The molecule has 0 radical (unpaired) electrons. The minimum Gasteiger partial charge on any atom is -0.398 e. The maximum Gasteiger partial charge on any atom is 0.260 e. The number of nitrogens with zero attached hydrogens (tertiary/aromatic N) is 1. The highest BCUT2D eigenvalue weighted by molar-refractivity contribution is 6.09. The van der Waals surface area contributed by atoms with Crippen molar-refractivity contribution in [2.24, 2.45) is 0 Å². The van der Waals surface area contributed by atoms with Gasteiger partial charge in [-0.05, 0) is 43.3 Å². The molecule has 0 atom stereocenters. The molecule has 2 aromatic carbocycles. The summed E-state index contributed by atoms with van der Waals surface area (Å²) in [5.41, 5.74) is 8.29. The summed E-state index contributed by atoms with van der Waals surface area (Å²) in [5.74, 6) is -0.549. The van der Waals surface area contributed by atoms with E-state index in [9.17, 15) is 9.18 Å². The molecule has 0 saturated carbocycles. The van der Waals surface area contributed by atoms with E-state index in [4.69, 9.17) is 5.73 Å². The Bertz CT molecular complexity index is 608. The molecule has 19 heavy (non-hydrogen) atoms. The predicted octanol–water partition coefficient (Wildman–Crippen LogP) is 2.99. The number of hydrogen-bond acceptors (Lipinski definition) is 2. The lowest BCUT2D eigenvalue weighted by atomic mass is 10.1. The Kier molecular flexibility index (Phi) is 3.51. The monoisotopic (exact) mass is 258 g/mol. The third-order valence-corrected chi connectivity index (χ3v) is 2.96. The quantitative estimate of drug-likeness (QED) is 0.842. The van der Waals surface area contributed by atoms with Crippen LogP contribution in [0.2, 0.25) is 0 Å². The van der Waals surface area contributed by atoms with Gasteiger partial charge in [-0.15, -0.1) is 0 Å². The number of amides is 1. The fraction of sp³-hybridized carbons (Fsp3) is 0.133. The fourth-order valence-corrected chi connectivity index (χ4v) is 1.82. The van der Waals surface area contributed by atoms with E-state index in [0.29, 0.717) is 16.9 Å². The van der Waals surface area contributed by atoms with E-state index < -0.39 is 0 Å². The van der Waals surface area contributed by atoms with Gasteiger partial charge in [-0.2, -0.15) is 0 Å². The molecule has 0 fully saturated rings. The first-order valence-corrected chi connectivity index (χ1v) is 5.89. The van der Waals surface area contributed by atoms with Crippen molar-refractivity contribution in [3.63, 3.8) is 0 Å². The Morgan fingerprint density at radius 3 is 2.42 bits per heavy atom. The van der Waals surface area contributed by atoms with Crippen molar-refractivity contribution in [3.05, 3.63) is 59.4 Å². The molecule has 98 valence electrons. The second kappa shape index (κ2) is 5.10. The number of aryl methyl sites for hydroxylation is 1. The van der Waals surface area contributed by atoms with Crippen LogP contribution in [0, 0.1) is 12.7 Å². The van der Waals surface area contributed by atoms with Crippen LogP contribution in [0.4, 0.5) is 15.8 Å². The van der Waals surface area contributed by atoms with Gasteiger partial charge in [-0.1, -0.05) is 11.6 Å². The molecule has 2 aromatic rings. The second-order valence-electron chi connectivity index (χ2n) is 4.43. The molecule has 0 aromatic heterocycles. The molecule has 0 saturated heterocycles. The fourth-order valence-electron chi connectivity index (χ4n) is 1.82. The van der Waals surface area contributed by atoms with Crippen molar-refractivity contribution < 1.29 is 9.18 Å². The van der Waals surface area contributed by atoms with E-state index in [1.165, 1.54) is 17.0 Å². The Balaban J connectivity index is 2.33. The summed E-state index contributed by atoms with van der Waals surface area (Å²) in [6.45, 7) is 1.90. The first kappa shape index (κ1) is 13.1. The van der Waals surface area contributed by atoms with Crippen LogP contribution in [-0.2, 0) is 0 Å². The van der Waals surface area contributed by atoms with Gasteiger partial charge in [0.25, 0.3) is 5.91 Å². The maximum atomic E-state index is 12.9. The van der Waals surface area contributed by atoms with E-state index in [1.807, 2.05) is 13.0 Å². The van der Waals surface area contributed by atoms with Gasteiger partial charge < -0.3 is 10.6 Å². The van der Waals surface area contributed by atoms with Gasteiger partial charge in [0.1, 0.15) is 5.82 Å². The highest BCUT2D eigenvalue weighted by atomic mass is 19.1. The van der Waals surface area contributed by atoms with Crippen LogP contribution in [0.3, 0.4) is 0 Å². The Labute approximate surface area is 111 Å². The summed E-state index contributed by atoms with van der Waals surface area (Å²) in [6, 6.07) is 11.1. The van der Waals surface area contributed by atoms with Crippen molar-refractivity contribution in [2.75, 3.05) is 17.7 Å². The van der Waals surface area contributed by atoms with Crippen LogP contribution >= 0.6 is 0 Å². The molecule has 1 amide bonds. The number of halogens is 1. The van der Waals surface area contributed by atoms with Gasteiger partial charge in [0.15, 0.2) is 0 Å². The van der Waals surface area contributed by atoms with Gasteiger partial charge in [0.2, 0.25) is 0 Å². The Morgan fingerprint density at radius 2 is 1.79 bits per heavy atom. The predicted molar refractivity (Wildman–Crippen MR) is 74.7 cm³/mol. The van der Waals surface area contributed by atoms with Gasteiger partial charge in [-0.25, -0.2) is 4.39 Å². The summed E-state index contributed by atoms with van der Waals surface area (Å²) in [7, 11) is 1.64. The number of benzene rings is 2. The van der Waals surface area contributed by atoms with Crippen LogP contribution in [0.5, 0.6) is 0 Å². The molecule has 0 heterocycles. The van der Waals surface area contributed by atoms with Crippen LogP contribution in [0.15, 0.2) is 42.5 Å². The van der Waals surface area contributed by atoms with Crippen LogP contribution in [-0.4, -0.2) is 13.0 Å². The van der Waals surface area contributed by atoms with E-state index in [-0.39, 0.29) is 11.7 Å². The highest BCUT2D eigenvalue weighted by Crippen LogP contribution is 2.20. The number of anilines is 2. The molecule has 0 aliphatic carbocycles. The Hall–Kier alpha value is -2.36. The largest absolute Gasteiger partial charge is 0.398 e. The summed E-state index contributed by atoms with van der Waals surface area (Å²) < 4.78 is 12.9. The van der Waals surface area contributed by atoms with Gasteiger partial charge in [0, 0.05) is 18.4 Å². The van der Waals surface area contributed by atoms with Crippen molar-refractivity contribution in [1.82, 2.24) is 0 Å². The molecular weight excluding hydrogens is 243 g/mol. The third kappa shape index (κ3) is 2.73. The van der Waals surface area contributed by atoms with Gasteiger partial charge >= 0.3 is 0 Å². The highest BCUT2D eigenvalue weighted by Gasteiger charge is 2.16. The molecule has 4 heteroatoms. The van der Waals surface area contributed by atoms with Crippen molar-refractivity contribution in [2.45, 2.75) is 6.92 Å². The first-order valence-electron chi connectivity index (χ1n) is 5.89. The number of nitrogens with two attached hydrogens (primary N) is 1. The molecule has 0 bridgehead atoms. The molecule has 0 unspecified atom stereocenters. The van der Waals surface area contributed by atoms with Crippen molar-refractivity contribution >= 4 is 17.3 Å². The van der Waals surface area contributed by atoms with E-state index in [0.717, 1.165) is 5.56 Å². The van der Waals surface area contributed by atoms with Crippen LogP contribution in [0.1, 0.15) is 15.9 Å². The Morgan fingerprint density at radius 1 is 1.16 bits per heavy atom. The van der Waals surface area contributed by atoms with Crippen LogP contribution in [0.25, 0.3) is 0 Å². The number of rotatable bonds is 2. The van der Waals surface area contributed by atoms with E-state index in [1.54, 1.807) is 31.3 Å². The van der Waals surface area contributed by atoms with E-state index in [2.05, 4.69) is 0 Å². The molecule has 0 aliphatic heterocycles. The number of carbonyl (C=O) groups excluding carboxylic acids is 1. The first-order chi connectivity index (χ1) is 8.99. The topological polar surface area (TPSA) is 46.3 Å². The zero-order valence-electron chi connectivity index (χ0n) is 10.9. The van der Waals surface area contributed by atoms with Gasteiger partial charge in [0.05, 0.1) is 5.56 Å². The number of hydrogen-bond donors (Lipinski definition) is 1. The minimum absolute atomic E-state index is 0.215. The average molecular weight is 258 g/mol. The van der Waals surface area contributed by atoms with Gasteiger partial charge in [-0.3, -0.25) is 4.79 Å².